The zero-order valence-corrected chi connectivity index (χ0v) is 17.8. The highest BCUT2D eigenvalue weighted by Crippen LogP contribution is 2.24. The first-order valence-electron chi connectivity index (χ1n) is 10.5. The van der Waals surface area contributed by atoms with Gasteiger partial charge in [-0.3, -0.25) is 9.48 Å². The minimum atomic E-state index is -0.438. The van der Waals surface area contributed by atoms with Gasteiger partial charge in [0.2, 0.25) is 11.9 Å². The summed E-state index contributed by atoms with van der Waals surface area (Å²) >= 11 is 0. The summed E-state index contributed by atoms with van der Waals surface area (Å²) in [5, 5.41) is 12.2. The van der Waals surface area contributed by atoms with Crippen LogP contribution in [0.5, 0.6) is 0 Å². The molecule has 3 aromatic heterocycles. The molecule has 1 aromatic carbocycles. The van der Waals surface area contributed by atoms with Crippen molar-refractivity contribution in [2.45, 2.75) is 6.54 Å². The average Bonchev–Trinajstić information content (AvgIpc) is 3.40. The lowest BCUT2D eigenvalue weighted by Crippen LogP contribution is -2.44. The van der Waals surface area contributed by atoms with Crippen molar-refractivity contribution in [1.29, 1.82) is 0 Å². The Hall–Kier alpha value is -3.92. The number of benzene rings is 1. The van der Waals surface area contributed by atoms with Gasteiger partial charge in [0, 0.05) is 49.3 Å². The molecule has 1 aliphatic rings. The first-order valence-corrected chi connectivity index (χ1v) is 10.5. The molecule has 0 unspecified atom stereocenters. The van der Waals surface area contributed by atoms with Gasteiger partial charge in [0.05, 0.1) is 23.6 Å². The number of nitrogens with one attached hydrogen (secondary N) is 1. The second-order valence-electron chi connectivity index (χ2n) is 8.00. The van der Waals surface area contributed by atoms with E-state index in [0.717, 1.165) is 48.6 Å². The number of nitrogens with zero attached hydrogens (tertiary/aromatic N) is 7. The second kappa shape index (κ2) is 8.31. The summed E-state index contributed by atoms with van der Waals surface area (Å²) in [5.41, 5.74) is 9.94. The molecule has 164 valence electrons. The van der Waals surface area contributed by atoms with E-state index in [0.29, 0.717) is 5.95 Å². The Labute approximate surface area is 185 Å². The smallest absolute Gasteiger partial charge is 0.245 e. The second-order valence-corrected chi connectivity index (χ2v) is 8.00. The number of aromatic nitrogens is 5. The molecule has 0 saturated carbocycles. The topological polar surface area (TPSA) is 110 Å². The Kier molecular flexibility index (Phi) is 5.20. The zero-order valence-electron chi connectivity index (χ0n) is 17.8. The zero-order chi connectivity index (χ0) is 22.1. The number of primary amides is 1. The molecule has 5 rings (SSSR count). The number of piperazine rings is 1. The van der Waals surface area contributed by atoms with Crippen LogP contribution in [0.3, 0.4) is 0 Å². The summed E-state index contributed by atoms with van der Waals surface area (Å²) in [7, 11) is 2.15. The van der Waals surface area contributed by atoms with Gasteiger partial charge in [-0.05, 0) is 37.4 Å². The minimum absolute atomic E-state index is 0.0365. The molecule has 32 heavy (non-hydrogen) atoms. The lowest BCUT2D eigenvalue weighted by Gasteiger charge is -2.34. The Morgan fingerprint density at radius 3 is 2.78 bits per heavy atom. The number of anilines is 3. The molecule has 0 atom stereocenters. The maximum absolute atomic E-state index is 11.2. The largest absolute Gasteiger partial charge is 0.369 e. The highest BCUT2D eigenvalue weighted by molar-refractivity contribution is 5.74. The van der Waals surface area contributed by atoms with Crippen LogP contribution in [-0.2, 0) is 11.3 Å². The predicted octanol–water partition coefficient (Wildman–Crippen LogP) is 1.57. The number of hydrogen-bond donors (Lipinski definition) is 2. The van der Waals surface area contributed by atoms with Gasteiger partial charge in [0.1, 0.15) is 6.54 Å². The number of fused-ring (bicyclic) bond motifs is 1. The third kappa shape index (κ3) is 4.12. The van der Waals surface area contributed by atoms with Crippen LogP contribution in [0.2, 0.25) is 0 Å². The van der Waals surface area contributed by atoms with Crippen molar-refractivity contribution in [2.75, 3.05) is 43.4 Å². The molecule has 1 aliphatic heterocycles. The van der Waals surface area contributed by atoms with Crippen molar-refractivity contribution in [3.05, 3.63) is 55.0 Å². The van der Waals surface area contributed by atoms with Gasteiger partial charge < -0.3 is 20.9 Å². The third-order valence-corrected chi connectivity index (χ3v) is 5.62. The van der Waals surface area contributed by atoms with E-state index < -0.39 is 5.91 Å². The number of carbonyl (C=O) groups excluding carboxylic acids is 1. The Morgan fingerprint density at radius 2 is 1.97 bits per heavy atom. The highest BCUT2D eigenvalue weighted by Gasteiger charge is 2.15. The molecule has 1 amide bonds. The van der Waals surface area contributed by atoms with Crippen molar-refractivity contribution in [1.82, 2.24) is 29.3 Å². The van der Waals surface area contributed by atoms with Crippen LogP contribution in [-0.4, -0.2) is 68.4 Å². The average molecular weight is 432 g/mol. The summed E-state index contributed by atoms with van der Waals surface area (Å²) < 4.78 is 3.33. The molecular weight excluding hydrogens is 406 g/mol. The molecule has 10 heteroatoms. The molecule has 4 aromatic rings. The predicted molar refractivity (Wildman–Crippen MR) is 123 cm³/mol. The van der Waals surface area contributed by atoms with Crippen molar-refractivity contribution in [3.63, 3.8) is 0 Å². The Morgan fingerprint density at radius 1 is 1.12 bits per heavy atom. The number of carbonyl (C=O) groups is 1. The first-order chi connectivity index (χ1) is 15.5. The van der Waals surface area contributed by atoms with E-state index >= 15 is 0 Å². The maximum atomic E-state index is 11.2. The van der Waals surface area contributed by atoms with Crippen LogP contribution in [0, 0.1) is 0 Å². The van der Waals surface area contributed by atoms with Gasteiger partial charge in [-0.2, -0.15) is 5.10 Å². The number of hydrogen-bond acceptors (Lipinski definition) is 7. The fourth-order valence-electron chi connectivity index (χ4n) is 3.89. The van der Waals surface area contributed by atoms with Crippen LogP contribution >= 0.6 is 0 Å². The van der Waals surface area contributed by atoms with E-state index in [1.165, 1.54) is 10.4 Å². The molecule has 3 N–H and O–H groups in total. The molecular formula is C22H25N9O. The van der Waals surface area contributed by atoms with Gasteiger partial charge in [0.15, 0.2) is 0 Å². The summed E-state index contributed by atoms with van der Waals surface area (Å²) in [6.07, 6.45) is 5.25. The SMILES string of the molecule is CN1CCN(c2cccc(Nc3ncc4ccc(-c5cnn(CC(N)=O)c5)n4n3)c2)CC1. The van der Waals surface area contributed by atoms with Gasteiger partial charge in [-0.25, -0.2) is 9.50 Å². The van der Waals surface area contributed by atoms with Crippen LogP contribution < -0.4 is 16.0 Å². The third-order valence-electron chi connectivity index (χ3n) is 5.62. The quantitative estimate of drug-likeness (QED) is 0.477. The van der Waals surface area contributed by atoms with E-state index in [2.05, 4.69) is 49.5 Å². The first kappa shape index (κ1) is 20.0. The van der Waals surface area contributed by atoms with Crippen LogP contribution in [0.1, 0.15) is 0 Å². The fraction of sp³-hybridized carbons (Fsp3) is 0.273. The molecule has 4 heterocycles. The number of likely N-dealkylation sites (N-methyl/N-ethyl adjacent to an activating group) is 1. The van der Waals surface area contributed by atoms with E-state index in [-0.39, 0.29) is 6.54 Å². The van der Waals surface area contributed by atoms with E-state index in [9.17, 15) is 4.79 Å². The molecule has 1 fully saturated rings. The fourth-order valence-corrected chi connectivity index (χ4v) is 3.89. The van der Waals surface area contributed by atoms with Crippen molar-refractivity contribution in [2.24, 2.45) is 5.73 Å². The van der Waals surface area contributed by atoms with Gasteiger partial charge in [0.25, 0.3) is 0 Å². The number of amides is 1. The number of rotatable bonds is 6. The minimum Gasteiger partial charge on any atom is -0.369 e. The van der Waals surface area contributed by atoms with Crippen molar-refractivity contribution >= 4 is 28.7 Å². The summed E-state index contributed by atoms with van der Waals surface area (Å²) in [4.78, 5) is 20.4. The lowest BCUT2D eigenvalue weighted by molar-refractivity contribution is -0.118. The molecule has 0 aliphatic carbocycles. The summed E-state index contributed by atoms with van der Waals surface area (Å²) in [6.45, 7) is 4.18. The lowest BCUT2D eigenvalue weighted by atomic mass is 10.2. The van der Waals surface area contributed by atoms with E-state index in [4.69, 9.17) is 5.73 Å². The van der Waals surface area contributed by atoms with Gasteiger partial charge >= 0.3 is 0 Å². The summed E-state index contributed by atoms with van der Waals surface area (Å²) in [5.74, 6) is 0.0577. The summed E-state index contributed by atoms with van der Waals surface area (Å²) in [6, 6.07) is 12.2. The van der Waals surface area contributed by atoms with E-state index in [1.807, 2.05) is 28.8 Å². The maximum Gasteiger partial charge on any atom is 0.245 e. The Balaban J connectivity index is 1.39. The standard InChI is InChI=1S/C22H25N9O/c1-28-7-9-29(10-8-28)18-4-2-3-17(11-18)26-22-24-13-19-5-6-20(31(19)27-22)16-12-25-30(14-16)15-21(23)32/h2-6,11-14H,7-10,15H2,1H3,(H2,23,32)(H,26,27). The van der Waals surface area contributed by atoms with Crippen molar-refractivity contribution in [3.8, 4) is 11.3 Å². The monoisotopic (exact) mass is 431 g/mol. The van der Waals surface area contributed by atoms with Gasteiger partial charge in [-0.1, -0.05) is 6.07 Å². The normalized spacial score (nSPS) is 14.7. The molecule has 10 nitrogen and oxygen atoms in total. The number of nitrogens with two attached hydrogens (primary N) is 1. The molecule has 1 saturated heterocycles. The Bertz CT molecular complexity index is 1250. The van der Waals surface area contributed by atoms with Gasteiger partial charge in [-0.15, -0.1) is 5.10 Å². The van der Waals surface area contributed by atoms with Crippen LogP contribution in [0.4, 0.5) is 17.3 Å². The van der Waals surface area contributed by atoms with Crippen LogP contribution in [0.15, 0.2) is 55.0 Å². The molecule has 0 radical (unpaired) electrons. The van der Waals surface area contributed by atoms with Crippen molar-refractivity contribution < 1.29 is 4.79 Å². The molecule has 0 bridgehead atoms. The van der Waals surface area contributed by atoms with Crippen LogP contribution in [0.25, 0.3) is 16.8 Å². The van der Waals surface area contributed by atoms with E-state index in [1.54, 1.807) is 18.6 Å². The molecule has 0 spiro atoms. The highest BCUT2D eigenvalue weighted by atomic mass is 16.1.